The molecule has 0 aliphatic carbocycles. The van der Waals surface area contributed by atoms with Gasteiger partial charge in [0.05, 0.1) is 0 Å². The second-order valence-corrected chi connectivity index (χ2v) is 4.65. The van der Waals surface area contributed by atoms with E-state index in [1.165, 1.54) is 11.3 Å². The van der Waals surface area contributed by atoms with Gasteiger partial charge in [0.25, 0.3) is 0 Å². The molecule has 0 aliphatic rings. The summed E-state index contributed by atoms with van der Waals surface area (Å²) in [5.41, 5.74) is 0. The molecule has 0 spiro atoms. The van der Waals surface area contributed by atoms with E-state index in [-0.39, 0.29) is 0 Å². The highest BCUT2D eigenvalue weighted by molar-refractivity contribution is 7.98. The summed E-state index contributed by atoms with van der Waals surface area (Å²) in [6, 6.07) is 3.55. The van der Waals surface area contributed by atoms with Crippen molar-refractivity contribution in [3.8, 4) is 0 Å². The Morgan fingerprint density at radius 2 is 2.42 bits per heavy atom. The Labute approximate surface area is 79.6 Å². The molecule has 4 heteroatoms. The van der Waals surface area contributed by atoms with Crippen molar-refractivity contribution >= 4 is 29.1 Å². The molecule has 66 valence electrons. The van der Waals surface area contributed by atoms with Crippen LogP contribution in [0.5, 0.6) is 0 Å². The number of carboxylic acids is 1. The molecule has 1 rings (SSSR count). The highest BCUT2D eigenvalue weighted by atomic mass is 32.2. The van der Waals surface area contributed by atoms with E-state index in [0.29, 0.717) is 4.88 Å². The molecule has 1 aromatic rings. The number of thiophene rings is 1. The molecule has 0 bridgehead atoms. The molecule has 0 fully saturated rings. The highest BCUT2D eigenvalue weighted by Gasteiger charge is 2.05. The smallest absolute Gasteiger partial charge is 0.345 e. The van der Waals surface area contributed by atoms with Crippen molar-refractivity contribution in [2.24, 2.45) is 0 Å². The number of hydrogen-bond donors (Lipinski definition) is 1. The molecule has 0 saturated heterocycles. The van der Waals surface area contributed by atoms with Gasteiger partial charge in [0.2, 0.25) is 0 Å². The van der Waals surface area contributed by atoms with Gasteiger partial charge in [0.15, 0.2) is 0 Å². The predicted molar refractivity (Wildman–Crippen MR) is 53.1 cm³/mol. The largest absolute Gasteiger partial charge is 0.477 e. The van der Waals surface area contributed by atoms with Crippen LogP contribution in [0.3, 0.4) is 0 Å². The van der Waals surface area contributed by atoms with E-state index in [1.807, 2.05) is 6.07 Å². The molecule has 0 radical (unpaired) electrons. The standard InChI is InChI=1S/C8H10O2S2/c1-2-11-5-6-3-4-7(12-6)8(9)10/h3-4H,2,5H2,1H3,(H,9,10). The molecule has 0 amide bonds. The molecule has 1 N–H and O–H groups in total. The van der Waals surface area contributed by atoms with Gasteiger partial charge in [0, 0.05) is 10.6 Å². The van der Waals surface area contributed by atoms with Crippen molar-refractivity contribution in [1.82, 2.24) is 0 Å². The minimum absolute atomic E-state index is 0.432. The third-order valence-corrected chi connectivity index (χ3v) is 3.50. The van der Waals surface area contributed by atoms with Crippen molar-refractivity contribution in [2.75, 3.05) is 5.75 Å². The maximum absolute atomic E-state index is 10.5. The number of rotatable bonds is 4. The van der Waals surface area contributed by atoms with Gasteiger partial charge in [-0.05, 0) is 17.9 Å². The normalized spacial score (nSPS) is 10.1. The minimum Gasteiger partial charge on any atom is -0.477 e. The number of thioether (sulfide) groups is 1. The van der Waals surface area contributed by atoms with E-state index in [9.17, 15) is 4.79 Å². The summed E-state index contributed by atoms with van der Waals surface area (Å²) in [6.07, 6.45) is 0. The van der Waals surface area contributed by atoms with Crippen LogP contribution in [0.2, 0.25) is 0 Å². The molecule has 12 heavy (non-hydrogen) atoms. The zero-order chi connectivity index (χ0) is 8.97. The van der Waals surface area contributed by atoms with Crippen LogP contribution in [0.1, 0.15) is 21.5 Å². The first-order valence-corrected chi connectivity index (χ1v) is 5.61. The lowest BCUT2D eigenvalue weighted by atomic mass is 10.4. The first-order valence-electron chi connectivity index (χ1n) is 3.63. The Bertz CT molecular complexity index is 268. The fourth-order valence-electron chi connectivity index (χ4n) is 0.773. The molecule has 0 atom stereocenters. The Morgan fingerprint density at radius 1 is 1.67 bits per heavy atom. The van der Waals surface area contributed by atoms with Crippen molar-refractivity contribution < 1.29 is 9.90 Å². The van der Waals surface area contributed by atoms with E-state index < -0.39 is 5.97 Å². The number of hydrogen-bond acceptors (Lipinski definition) is 3. The Morgan fingerprint density at radius 3 is 2.92 bits per heavy atom. The van der Waals surface area contributed by atoms with E-state index in [4.69, 9.17) is 5.11 Å². The third-order valence-electron chi connectivity index (χ3n) is 1.32. The van der Waals surface area contributed by atoms with Crippen molar-refractivity contribution in [2.45, 2.75) is 12.7 Å². The van der Waals surface area contributed by atoms with E-state index >= 15 is 0 Å². The average molecular weight is 202 g/mol. The summed E-state index contributed by atoms with van der Waals surface area (Å²) < 4.78 is 0. The van der Waals surface area contributed by atoms with Crippen LogP contribution in [0.4, 0.5) is 0 Å². The summed E-state index contributed by atoms with van der Waals surface area (Å²) >= 11 is 3.16. The van der Waals surface area contributed by atoms with E-state index in [1.54, 1.807) is 17.8 Å². The summed E-state index contributed by atoms with van der Waals surface area (Å²) in [4.78, 5) is 12.1. The number of aromatic carboxylic acids is 1. The highest BCUT2D eigenvalue weighted by Crippen LogP contribution is 2.21. The fraction of sp³-hybridized carbons (Fsp3) is 0.375. The van der Waals surface area contributed by atoms with Gasteiger partial charge in [-0.2, -0.15) is 11.8 Å². The second kappa shape index (κ2) is 4.52. The van der Waals surface area contributed by atoms with Crippen molar-refractivity contribution in [1.29, 1.82) is 0 Å². The molecule has 0 aromatic carbocycles. The van der Waals surface area contributed by atoms with E-state index in [2.05, 4.69) is 6.92 Å². The lowest BCUT2D eigenvalue weighted by Gasteiger charge is -1.91. The zero-order valence-corrected chi connectivity index (χ0v) is 8.37. The van der Waals surface area contributed by atoms with Gasteiger partial charge in [-0.1, -0.05) is 6.92 Å². The lowest BCUT2D eigenvalue weighted by molar-refractivity contribution is 0.0702. The van der Waals surface area contributed by atoms with Crippen LogP contribution in [-0.2, 0) is 5.75 Å². The van der Waals surface area contributed by atoms with Crippen LogP contribution in [0.15, 0.2) is 12.1 Å². The Hall–Kier alpha value is -0.480. The summed E-state index contributed by atoms with van der Waals surface area (Å²) in [7, 11) is 0. The fourth-order valence-corrected chi connectivity index (χ4v) is 2.40. The van der Waals surface area contributed by atoms with Gasteiger partial charge in [-0.3, -0.25) is 0 Å². The monoisotopic (exact) mass is 202 g/mol. The molecule has 0 aliphatic heterocycles. The molecular weight excluding hydrogens is 192 g/mol. The van der Waals surface area contributed by atoms with Gasteiger partial charge < -0.3 is 5.11 Å². The number of carbonyl (C=O) groups is 1. The predicted octanol–water partition coefficient (Wildman–Crippen LogP) is 2.70. The maximum Gasteiger partial charge on any atom is 0.345 e. The second-order valence-electron chi connectivity index (χ2n) is 2.21. The van der Waals surface area contributed by atoms with Gasteiger partial charge in [0.1, 0.15) is 4.88 Å². The third kappa shape index (κ3) is 2.53. The van der Waals surface area contributed by atoms with Crippen LogP contribution >= 0.6 is 23.1 Å². The van der Waals surface area contributed by atoms with Gasteiger partial charge in [-0.25, -0.2) is 4.79 Å². The number of carboxylic acid groups (broad SMARTS) is 1. The SMILES string of the molecule is CCSCc1ccc(C(=O)O)s1. The maximum atomic E-state index is 10.5. The quantitative estimate of drug-likeness (QED) is 0.815. The molecule has 2 nitrogen and oxygen atoms in total. The zero-order valence-electron chi connectivity index (χ0n) is 6.74. The summed E-state index contributed by atoms with van der Waals surface area (Å²) in [6.45, 7) is 2.09. The van der Waals surface area contributed by atoms with Crippen LogP contribution < -0.4 is 0 Å². The van der Waals surface area contributed by atoms with Crippen molar-refractivity contribution in [3.63, 3.8) is 0 Å². The first kappa shape index (κ1) is 9.61. The van der Waals surface area contributed by atoms with E-state index in [0.717, 1.165) is 16.4 Å². The van der Waals surface area contributed by atoms with Crippen LogP contribution in [0.25, 0.3) is 0 Å². The molecule has 1 aromatic heterocycles. The lowest BCUT2D eigenvalue weighted by Crippen LogP contribution is -1.89. The minimum atomic E-state index is -0.826. The van der Waals surface area contributed by atoms with Gasteiger partial charge >= 0.3 is 5.97 Å². The first-order chi connectivity index (χ1) is 5.74. The molecule has 0 saturated carbocycles. The van der Waals surface area contributed by atoms with Crippen LogP contribution in [0, 0.1) is 0 Å². The van der Waals surface area contributed by atoms with Gasteiger partial charge in [-0.15, -0.1) is 11.3 Å². The van der Waals surface area contributed by atoms with Crippen LogP contribution in [-0.4, -0.2) is 16.8 Å². The molecule has 0 unspecified atom stereocenters. The molecule has 1 heterocycles. The summed E-state index contributed by atoms with van der Waals surface area (Å²) in [5.74, 6) is 1.17. The topological polar surface area (TPSA) is 37.3 Å². The molecular formula is C8H10O2S2. The Balaban J connectivity index is 2.58. The average Bonchev–Trinajstić information content (AvgIpc) is 2.48. The van der Waals surface area contributed by atoms with Crippen molar-refractivity contribution in [3.05, 3.63) is 21.9 Å². The summed E-state index contributed by atoms with van der Waals surface area (Å²) in [5, 5.41) is 8.63. The Kier molecular flexibility index (Phi) is 3.62.